The fourth-order valence-electron chi connectivity index (χ4n) is 4.11. The number of ether oxygens (including phenoxy) is 2. The first-order valence-electron chi connectivity index (χ1n) is 12.0. The van der Waals surface area contributed by atoms with Crippen molar-refractivity contribution in [1.29, 1.82) is 0 Å². The van der Waals surface area contributed by atoms with Crippen LogP contribution in [-0.2, 0) is 35.3 Å². The molecular formula is C29H38O6. The SMILES string of the molecule is CCOC(=O)C(C(=O)OCC)(C(=O)c1cccc(C)c1)c1cc(C(C)(C)C)c(O)c(C(C)(C)C)c1. The van der Waals surface area contributed by atoms with Gasteiger partial charge in [0.25, 0.3) is 5.41 Å². The van der Waals surface area contributed by atoms with Gasteiger partial charge in [-0.3, -0.25) is 4.79 Å². The van der Waals surface area contributed by atoms with E-state index in [1.165, 1.54) is 0 Å². The molecule has 0 aliphatic rings. The summed E-state index contributed by atoms with van der Waals surface area (Å²) in [4.78, 5) is 41.6. The van der Waals surface area contributed by atoms with E-state index in [1.807, 2.05) is 54.5 Å². The van der Waals surface area contributed by atoms with Gasteiger partial charge in [-0.1, -0.05) is 65.3 Å². The van der Waals surface area contributed by atoms with Crippen LogP contribution in [0.5, 0.6) is 5.75 Å². The van der Waals surface area contributed by atoms with Crippen molar-refractivity contribution in [2.24, 2.45) is 0 Å². The Bertz CT molecular complexity index is 1060. The highest BCUT2D eigenvalue weighted by atomic mass is 16.6. The molecule has 0 spiro atoms. The lowest BCUT2D eigenvalue weighted by molar-refractivity contribution is -0.161. The first kappa shape index (κ1) is 28.1. The minimum Gasteiger partial charge on any atom is -0.507 e. The van der Waals surface area contributed by atoms with Crippen LogP contribution in [0.1, 0.15) is 88.0 Å². The van der Waals surface area contributed by atoms with Gasteiger partial charge in [-0.05, 0) is 66.5 Å². The second kappa shape index (κ2) is 10.2. The summed E-state index contributed by atoms with van der Waals surface area (Å²) in [6, 6.07) is 9.84. The highest BCUT2D eigenvalue weighted by molar-refractivity contribution is 6.30. The number of benzene rings is 2. The molecule has 0 aromatic heterocycles. The van der Waals surface area contributed by atoms with Gasteiger partial charge >= 0.3 is 11.9 Å². The molecule has 0 bridgehead atoms. The zero-order valence-corrected chi connectivity index (χ0v) is 22.4. The Labute approximate surface area is 208 Å². The van der Waals surface area contributed by atoms with Crippen molar-refractivity contribution < 1.29 is 29.0 Å². The molecule has 190 valence electrons. The summed E-state index contributed by atoms with van der Waals surface area (Å²) in [6.07, 6.45) is 0. The number of phenols is 1. The summed E-state index contributed by atoms with van der Waals surface area (Å²) in [5, 5.41) is 11.2. The molecule has 0 amide bonds. The van der Waals surface area contributed by atoms with Crippen LogP contribution < -0.4 is 0 Å². The lowest BCUT2D eigenvalue weighted by Crippen LogP contribution is -2.53. The van der Waals surface area contributed by atoms with E-state index < -0.39 is 34.0 Å². The molecule has 0 radical (unpaired) electrons. The Morgan fingerprint density at radius 3 is 1.63 bits per heavy atom. The fourth-order valence-corrected chi connectivity index (χ4v) is 4.11. The van der Waals surface area contributed by atoms with Gasteiger partial charge in [0, 0.05) is 5.56 Å². The van der Waals surface area contributed by atoms with Gasteiger partial charge in [-0.25, -0.2) is 9.59 Å². The molecular weight excluding hydrogens is 444 g/mol. The van der Waals surface area contributed by atoms with Gasteiger partial charge in [0.05, 0.1) is 13.2 Å². The van der Waals surface area contributed by atoms with Gasteiger partial charge in [-0.15, -0.1) is 0 Å². The Balaban J connectivity index is 3.11. The van der Waals surface area contributed by atoms with Gasteiger partial charge in [-0.2, -0.15) is 0 Å². The van der Waals surface area contributed by atoms with E-state index in [2.05, 4.69) is 0 Å². The Morgan fingerprint density at radius 2 is 1.26 bits per heavy atom. The number of aryl methyl sites for hydroxylation is 1. The topological polar surface area (TPSA) is 89.9 Å². The number of aromatic hydroxyl groups is 1. The molecule has 2 aromatic carbocycles. The number of Topliss-reactive ketones (excluding diaryl/α,β-unsaturated/α-hetero) is 1. The summed E-state index contributed by atoms with van der Waals surface area (Å²) in [7, 11) is 0. The van der Waals surface area contributed by atoms with E-state index in [-0.39, 0.29) is 30.1 Å². The maximum Gasteiger partial charge on any atom is 0.336 e. The van der Waals surface area contributed by atoms with Crippen LogP contribution in [0.4, 0.5) is 0 Å². The van der Waals surface area contributed by atoms with Crippen LogP contribution in [0.3, 0.4) is 0 Å². The first-order chi connectivity index (χ1) is 16.1. The number of hydrogen-bond acceptors (Lipinski definition) is 6. The van der Waals surface area contributed by atoms with E-state index in [9.17, 15) is 19.5 Å². The van der Waals surface area contributed by atoms with Crippen LogP contribution in [0.15, 0.2) is 36.4 Å². The summed E-state index contributed by atoms with van der Waals surface area (Å²) >= 11 is 0. The number of esters is 2. The minimum absolute atomic E-state index is 0.0303. The monoisotopic (exact) mass is 482 g/mol. The maximum atomic E-state index is 14.2. The molecule has 0 unspecified atom stereocenters. The molecule has 6 heteroatoms. The molecule has 2 rings (SSSR count). The number of carbonyl (C=O) groups is 3. The zero-order chi connectivity index (χ0) is 26.8. The highest BCUT2D eigenvalue weighted by Crippen LogP contribution is 2.44. The van der Waals surface area contributed by atoms with Gasteiger partial charge in [0.1, 0.15) is 5.75 Å². The minimum atomic E-state index is -2.40. The van der Waals surface area contributed by atoms with Gasteiger partial charge < -0.3 is 14.6 Å². The molecule has 0 fully saturated rings. The molecule has 0 heterocycles. The van der Waals surface area contributed by atoms with Crippen molar-refractivity contribution in [2.45, 2.75) is 78.6 Å². The van der Waals surface area contributed by atoms with Crippen LogP contribution in [0, 0.1) is 6.92 Å². The Hall–Kier alpha value is -3.15. The highest BCUT2D eigenvalue weighted by Gasteiger charge is 2.58. The Kier molecular flexibility index (Phi) is 8.21. The number of phenolic OH excluding ortho intramolecular Hbond substituents is 1. The molecule has 1 N–H and O–H groups in total. The molecule has 0 aliphatic heterocycles. The quantitative estimate of drug-likeness (QED) is 0.316. The second-order valence-corrected chi connectivity index (χ2v) is 10.8. The summed E-state index contributed by atoms with van der Waals surface area (Å²) < 4.78 is 10.7. The fraction of sp³-hybridized carbons (Fsp3) is 0.483. The smallest absolute Gasteiger partial charge is 0.336 e. The predicted molar refractivity (Wildman–Crippen MR) is 136 cm³/mol. The zero-order valence-electron chi connectivity index (χ0n) is 22.4. The maximum absolute atomic E-state index is 14.2. The molecule has 35 heavy (non-hydrogen) atoms. The average molecular weight is 483 g/mol. The van der Waals surface area contributed by atoms with Gasteiger partial charge in [0.15, 0.2) is 5.78 Å². The number of ketones is 1. The van der Waals surface area contributed by atoms with Gasteiger partial charge in [0.2, 0.25) is 0 Å². The summed E-state index contributed by atoms with van der Waals surface area (Å²) in [6.45, 7) is 16.5. The van der Waals surface area contributed by atoms with Crippen LogP contribution in [0.2, 0.25) is 0 Å². The van der Waals surface area contributed by atoms with E-state index >= 15 is 0 Å². The summed E-state index contributed by atoms with van der Waals surface area (Å²) in [5.74, 6) is -2.67. The van der Waals surface area contributed by atoms with Crippen molar-refractivity contribution in [1.82, 2.24) is 0 Å². The Morgan fingerprint density at radius 1 is 0.800 bits per heavy atom. The third-order valence-electron chi connectivity index (χ3n) is 5.94. The number of carbonyl (C=O) groups excluding carboxylic acids is 3. The number of hydrogen-bond donors (Lipinski definition) is 1. The molecule has 0 atom stereocenters. The number of rotatable bonds is 7. The average Bonchev–Trinajstić information content (AvgIpc) is 2.73. The van der Waals surface area contributed by atoms with E-state index in [1.54, 1.807) is 44.2 Å². The van der Waals surface area contributed by atoms with Crippen molar-refractivity contribution >= 4 is 17.7 Å². The lowest BCUT2D eigenvalue weighted by Gasteiger charge is -2.33. The molecule has 6 nitrogen and oxygen atoms in total. The molecule has 0 saturated heterocycles. The predicted octanol–water partition coefficient (Wildman–Crippen LogP) is 5.54. The summed E-state index contributed by atoms with van der Waals surface area (Å²) in [5.41, 5.74) is -1.38. The van der Waals surface area contributed by atoms with Crippen LogP contribution >= 0.6 is 0 Å². The van der Waals surface area contributed by atoms with Crippen molar-refractivity contribution in [3.8, 4) is 5.75 Å². The first-order valence-corrected chi connectivity index (χ1v) is 12.0. The molecule has 2 aromatic rings. The normalized spacial score (nSPS) is 12.3. The van der Waals surface area contributed by atoms with Crippen molar-refractivity contribution in [2.75, 3.05) is 13.2 Å². The van der Waals surface area contributed by atoms with Crippen LogP contribution in [0.25, 0.3) is 0 Å². The van der Waals surface area contributed by atoms with E-state index in [0.29, 0.717) is 11.1 Å². The molecule has 0 aliphatic carbocycles. The lowest BCUT2D eigenvalue weighted by atomic mass is 9.69. The third-order valence-corrected chi connectivity index (χ3v) is 5.94. The van der Waals surface area contributed by atoms with E-state index in [4.69, 9.17) is 9.47 Å². The van der Waals surface area contributed by atoms with Crippen molar-refractivity contribution in [3.63, 3.8) is 0 Å². The largest absolute Gasteiger partial charge is 0.507 e. The molecule has 0 saturated carbocycles. The van der Waals surface area contributed by atoms with Crippen LogP contribution in [-0.4, -0.2) is 36.0 Å². The van der Waals surface area contributed by atoms with E-state index in [0.717, 1.165) is 5.56 Å². The standard InChI is InChI=1S/C29H38O6/c1-10-34-25(32)29(26(33)35-11-2,24(31)19-14-12-13-18(3)15-19)20-16-21(27(4,5)6)23(30)22(17-20)28(7,8)9/h12-17,30H,10-11H2,1-9H3. The van der Waals surface area contributed by atoms with Crippen molar-refractivity contribution in [3.05, 3.63) is 64.2 Å². The second-order valence-electron chi connectivity index (χ2n) is 10.8. The third kappa shape index (κ3) is 5.42.